The minimum atomic E-state index is -0.438. The number of carbonyl (C=O) groups is 1. The molecule has 0 radical (unpaired) electrons. The quantitative estimate of drug-likeness (QED) is 0.656. The summed E-state index contributed by atoms with van der Waals surface area (Å²) in [5.74, 6) is 0.0839. The predicted molar refractivity (Wildman–Crippen MR) is 86.3 cm³/mol. The molecule has 24 heavy (non-hydrogen) atoms. The lowest BCUT2D eigenvalue weighted by molar-refractivity contribution is -0.140. The van der Waals surface area contributed by atoms with Crippen molar-refractivity contribution in [2.24, 2.45) is 0 Å². The number of fused-ring (bicyclic) bond motifs is 1. The number of allylic oxidation sites excluding steroid dienone is 1. The minimum absolute atomic E-state index is 0.190. The fourth-order valence-corrected chi connectivity index (χ4v) is 2.75. The molecule has 0 aliphatic carbocycles. The Morgan fingerprint density at radius 2 is 2.08 bits per heavy atom. The number of hydrogen-bond acceptors (Lipinski definition) is 7. The molecule has 0 fully saturated rings. The number of methoxy groups -OCH3 is 1. The summed E-state index contributed by atoms with van der Waals surface area (Å²) in [5, 5.41) is 14.8. The number of ether oxygens (including phenoxy) is 2. The normalized spacial score (nSPS) is 16.5. The molecule has 8 nitrogen and oxygen atoms in total. The molecule has 2 heterocycles. The molecule has 2 aromatic rings. The van der Waals surface area contributed by atoms with Crippen LogP contribution < -0.4 is 5.32 Å². The Balaban J connectivity index is 2.04. The largest absolute Gasteiger partial charge is 0.460 e. The lowest BCUT2D eigenvalue weighted by Gasteiger charge is -2.28. The second-order valence-corrected chi connectivity index (χ2v) is 5.50. The first-order chi connectivity index (χ1) is 11.6. The molecule has 1 aliphatic rings. The number of nitrogens with one attached hydrogen (secondary N) is 1. The molecule has 1 atom stereocenters. The fraction of sp³-hybridized carbons (Fsp3) is 0.375. The van der Waals surface area contributed by atoms with E-state index in [0.29, 0.717) is 23.8 Å². The van der Waals surface area contributed by atoms with Crippen LogP contribution in [0.25, 0.3) is 0 Å². The molecule has 1 N–H and O–H groups in total. The first-order valence-electron chi connectivity index (χ1n) is 7.60. The van der Waals surface area contributed by atoms with E-state index in [2.05, 4.69) is 20.8 Å². The van der Waals surface area contributed by atoms with Crippen LogP contribution in [0.15, 0.2) is 35.5 Å². The number of rotatable bonds is 5. The average molecular weight is 329 g/mol. The summed E-state index contributed by atoms with van der Waals surface area (Å²) in [5.41, 5.74) is 3.15. The lowest BCUT2D eigenvalue weighted by Crippen LogP contribution is -2.30. The monoisotopic (exact) mass is 329 g/mol. The van der Waals surface area contributed by atoms with E-state index in [1.807, 2.05) is 38.1 Å². The van der Waals surface area contributed by atoms with Crippen LogP contribution in [0.3, 0.4) is 0 Å². The van der Waals surface area contributed by atoms with Gasteiger partial charge in [0, 0.05) is 12.8 Å². The van der Waals surface area contributed by atoms with Gasteiger partial charge in [0.15, 0.2) is 0 Å². The van der Waals surface area contributed by atoms with Crippen molar-refractivity contribution >= 4 is 11.9 Å². The fourth-order valence-electron chi connectivity index (χ4n) is 2.75. The molecule has 1 aliphatic heterocycles. The Morgan fingerprint density at radius 1 is 1.29 bits per heavy atom. The van der Waals surface area contributed by atoms with Gasteiger partial charge in [0.1, 0.15) is 12.6 Å². The van der Waals surface area contributed by atoms with Gasteiger partial charge in [-0.2, -0.15) is 4.68 Å². The summed E-state index contributed by atoms with van der Waals surface area (Å²) >= 11 is 0. The highest BCUT2D eigenvalue weighted by Gasteiger charge is 2.35. The second-order valence-electron chi connectivity index (χ2n) is 5.50. The zero-order valence-electron chi connectivity index (χ0n) is 13.8. The van der Waals surface area contributed by atoms with Crippen LogP contribution in [0.2, 0.25) is 0 Å². The van der Waals surface area contributed by atoms with Gasteiger partial charge in [-0.05, 0) is 35.4 Å². The molecule has 126 valence electrons. The van der Waals surface area contributed by atoms with Gasteiger partial charge in [-0.1, -0.05) is 29.4 Å². The third kappa shape index (κ3) is 2.88. The molecular weight excluding hydrogens is 310 g/mol. The summed E-state index contributed by atoms with van der Waals surface area (Å²) in [4.78, 5) is 12.7. The van der Waals surface area contributed by atoms with Crippen molar-refractivity contribution in [1.29, 1.82) is 0 Å². The van der Waals surface area contributed by atoms with E-state index >= 15 is 0 Å². The number of nitrogens with zero attached hydrogens (tertiary/aromatic N) is 4. The van der Waals surface area contributed by atoms with Crippen molar-refractivity contribution in [1.82, 2.24) is 20.2 Å². The molecule has 0 amide bonds. The van der Waals surface area contributed by atoms with Gasteiger partial charge in [-0.3, -0.25) is 0 Å². The molecule has 1 aromatic carbocycles. The topological polar surface area (TPSA) is 91.2 Å². The van der Waals surface area contributed by atoms with Crippen molar-refractivity contribution in [3.63, 3.8) is 0 Å². The number of esters is 1. The Bertz CT molecular complexity index is 784. The van der Waals surface area contributed by atoms with Crippen molar-refractivity contribution in [2.45, 2.75) is 19.9 Å². The molecule has 1 aromatic heterocycles. The highest BCUT2D eigenvalue weighted by molar-refractivity contribution is 5.92. The highest BCUT2D eigenvalue weighted by atomic mass is 16.6. The first-order valence-corrected chi connectivity index (χ1v) is 7.60. The van der Waals surface area contributed by atoms with E-state index < -0.39 is 12.0 Å². The number of carbonyl (C=O) groups excluding carboxylic acids is 1. The maximum atomic E-state index is 12.7. The number of benzene rings is 1. The number of aryl methyl sites for hydroxylation is 1. The Hall–Kier alpha value is -2.74. The van der Waals surface area contributed by atoms with Crippen LogP contribution in [0.1, 0.15) is 24.1 Å². The van der Waals surface area contributed by atoms with Crippen LogP contribution in [-0.4, -0.2) is 46.5 Å². The molecule has 8 heteroatoms. The summed E-state index contributed by atoms with van der Waals surface area (Å²) in [7, 11) is 1.56. The van der Waals surface area contributed by atoms with Gasteiger partial charge >= 0.3 is 5.97 Å². The minimum Gasteiger partial charge on any atom is -0.460 e. The number of aromatic nitrogens is 4. The van der Waals surface area contributed by atoms with E-state index in [-0.39, 0.29) is 6.61 Å². The summed E-state index contributed by atoms with van der Waals surface area (Å²) in [6.07, 6.45) is 0. The molecule has 0 saturated heterocycles. The van der Waals surface area contributed by atoms with E-state index in [4.69, 9.17) is 9.47 Å². The van der Waals surface area contributed by atoms with Gasteiger partial charge in [0.05, 0.1) is 12.2 Å². The predicted octanol–water partition coefficient (Wildman–Crippen LogP) is 1.46. The molecule has 0 bridgehead atoms. The SMILES string of the molecule is COCCOC(=O)C1=C(C)Nc2nnnn2[C@H]1c1ccccc1C. The van der Waals surface area contributed by atoms with Gasteiger partial charge in [0.25, 0.3) is 0 Å². The van der Waals surface area contributed by atoms with E-state index in [1.54, 1.807) is 11.8 Å². The van der Waals surface area contributed by atoms with E-state index in [0.717, 1.165) is 11.1 Å². The van der Waals surface area contributed by atoms with Crippen LogP contribution in [0, 0.1) is 6.92 Å². The zero-order chi connectivity index (χ0) is 17.1. The number of hydrogen-bond donors (Lipinski definition) is 1. The molecule has 0 saturated carbocycles. The van der Waals surface area contributed by atoms with Gasteiger partial charge in [-0.25, -0.2) is 4.79 Å². The highest BCUT2D eigenvalue weighted by Crippen LogP contribution is 2.36. The Kier molecular flexibility index (Phi) is 4.57. The summed E-state index contributed by atoms with van der Waals surface area (Å²) in [6.45, 7) is 4.34. The lowest BCUT2D eigenvalue weighted by atomic mass is 9.93. The van der Waals surface area contributed by atoms with Crippen LogP contribution in [0.5, 0.6) is 0 Å². The van der Waals surface area contributed by atoms with Crippen LogP contribution >= 0.6 is 0 Å². The van der Waals surface area contributed by atoms with Gasteiger partial charge < -0.3 is 14.8 Å². The third-order valence-electron chi connectivity index (χ3n) is 3.94. The Morgan fingerprint density at radius 3 is 2.83 bits per heavy atom. The molecule has 0 unspecified atom stereocenters. The van der Waals surface area contributed by atoms with Crippen molar-refractivity contribution in [2.75, 3.05) is 25.6 Å². The summed E-state index contributed by atoms with van der Waals surface area (Å²) in [6, 6.07) is 7.40. The average Bonchev–Trinajstić information content (AvgIpc) is 3.02. The second kappa shape index (κ2) is 6.79. The maximum absolute atomic E-state index is 12.7. The van der Waals surface area contributed by atoms with Crippen LogP contribution in [0.4, 0.5) is 5.95 Å². The van der Waals surface area contributed by atoms with Gasteiger partial charge in [0.2, 0.25) is 5.95 Å². The summed E-state index contributed by atoms with van der Waals surface area (Å²) < 4.78 is 11.9. The van der Waals surface area contributed by atoms with E-state index in [9.17, 15) is 4.79 Å². The standard InChI is InChI=1S/C16H19N5O3/c1-10-6-4-5-7-12(10)14-13(15(22)24-9-8-23-3)11(2)17-16-18-19-20-21(14)16/h4-7,14H,8-9H2,1-3H3,(H,17,18,20)/t14-/m0/s1. The van der Waals surface area contributed by atoms with Crippen LogP contribution in [-0.2, 0) is 14.3 Å². The number of anilines is 1. The Labute approximate surface area is 139 Å². The molecule has 0 spiro atoms. The zero-order valence-corrected chi connectivity index (χ0v) is 13.8. The maximum Gasteiger partial charge on any atom is 0.338 e. The first kappa shape index (κ1) is 16.1. The van der Waals surface area contributed by atoms with E-state index in [1.165, 1.54) is 0 Å². The van der Waals surface area contributed by atoms with Crippen molar-refractivity contribution in [3.8, 4) is 0 Å². The third-order valence-corrected chi connectivity index (χ3v) is 3.94. The van der Waals surface area contributed by atoms with Crippen molar-refractivity contribution in [3.05, 3.63) is 46.7 Å². The van der Waals surface area contributed by atoms with Gasteiger partial charge in [-0.15, -0.1) is 0 Å². The molecule has 3 rings (SSSR count). The molecular formula is C16H19N5O3. The smallest absolute Gasteiger partial charge is 0.338 e. The van der Waals surface area contributed by atoms with Crippen molar-refractivity contribution < 1.29 is 14.3 Å². The number of tetrazole rings is 1.